The Hall–Kier alpha value is -4.36. The zero-order chi connectivity index (χ0) is 28.0. The third kappa shape index (κ3) is 4.93. The van der Waals surface area contributed by atoms with Crippen LogP contribution in [0.5, 0.6) is 0 Å². The van der Waals surface area contributed by atoms with E-state index in [0.717, 1.165) is 35.4 Å². The van der Waals surface area contributed by atoms with E-state index >= 15 is 0 Å². The molecule has 4 amide bonds. The molecule has 2 aromatic carbocycles. The molecule has 38 heavy (non-hydrogen) atoms. The first-order valence-corrected chi connectivity index (χ1v) is 13.1. The molecule has 0 unspecified atom stereocenters. The summed E-state index contributed by atoms with van der Waals surface area (Å²) in [6.45, 7) is 1.32. The summed E-state index contributed by atoms with van der Waals surface area (Å²) in [6.07, 6.45) is -2.56. The van der Waals surface area contributed by atoms with E-state index in [1.54, 1.807) is 0 Å². The number of amides is 4. The number of nitrogens with one attached hydrogen (secondary N) is 1. The summed E-state index contributed by atoms with van der Waals surface area (Å²) in [5.74, 6) is 0. The van der Waals surface area contributed by atoms with Gasteiger partial charge < -0.3 is 5.32 Å². The Balaban J connectivity index is 1.98. The summed E-state index contributed by atoms with van der Waals surface area (Å²) in [7, 11) is -4.02. The number of hydrogen-bond acceptors (Lipinski definition) is 6. The van der Waals surface area contributed by atoms with E-state index in [2.05, 4.69) is 5.32 Å². The Kier molecular flexibility index (Phi) is 6.68. The van der Waals surface area contributed by atoms with Crippen LogP contribution in [0.3, 0.4) is 0 Å². The fourth-order valence-electron chi connectivity index (χ4n) is 4.20. The lowest BCUT2D eigenvalue weighted by Gasteiger charge is -2.41. The fourth-order valence-corrected chi connectivity index (χ4v) is 5.15. The maximum atomic E-state index is 13.8. The Morgan fingerprint density at radius 2 is 1.79 bits per heavy atom. The number of benzene rings is 2. The molecule has 2 aliphatic rings. The molecule has 9 nitrogen and oxygen atoms in total. The van der Waals surface area contributed by atoms with E-state index in [4.69, 9.17) is 0 Å². The molecule has 0 spiro atoms. The number of hydrogen-bond donors (Lipinski definition) is 1. The molecule has 13 heteroatoms. The van der Waals surface area contributed by atoms with Crippen molar-refractivity contribution in [3.63, 3.8) is 0 Å². The first-order chi connectivity index (χ1) is 17.8. The smallest absolute Gasteiger partial charge is 0.335 e. The quantitative estimate of drug-likeness (QED) is 0.597. The highest BCUT2D eigenvalue weighted by Gasteiger charge is 2.46. The molecule has 0 radical (unpaired) electrons. The summed E-state index contributed by atoms with van der Waals surface area (Å²) >= 11 is 0. The van der Waals surface area contributed by atoms with E-state index in [1.165, 1.54) is 25.1 Å². The van der Waals surface area contributed by atoms with Gasteiger partial charge in [0.1, 0.15) is 6.04 Å². The normalized spacial score (nSPS) is 18.2. The maximum Gasteiger partial charge on any atom is 0.416 e. The van der Waals surface area contributed by atoms with Crippen LogP contribution in [0.1, 0.15) is 42.5 Å². The first kappa shape index (κ1) is 26.7. The van der Waals surface area contributed by atoms with Crippen molar-refractivity contribution >= 4 is 27.6 Å². The average molecular weight is 544 g/mol. The second-order valence-corrected chi connectivity index (χ2v) is 10.9. The van der Waals surface area contributed by atoms with Crippen LogP contribution in [-0.4, -0.2) is 37.7 Å². The topological polar surface area (TPSA) is 134 Å². The molecule has 1 saturated carbocycles. The van der Waals surface area contributed by atoms with Crippen molar-refractivity contribution in [2.75, 3.05) is 11.2 Å². The SMILES string of the molecule is CC1=C(C#N)[C@@H](c2ccc(C#N)cc2S(C)(=O)=O)N(C(=O)NC2CC2)C(=O)N1c1cccc(C(F)(F)F)c1. The van der Waals surface area contributed by atoms with Gasteiger partial charge in [-0.15, -0.1) is 0 Å². The predicted octanol–water partition coefficient (Wildman–Crippen LogP) is 4.63. The van der Waals surface area contributed by atoms with Gasteiger partial charge in [0.25, 0.3) is 0 Å². The van der Waals surface area contributed by atoms with Gasteiger partial charge in [-0.1, -0.05) is 12.1 Å². The average Bonchev–Trinajstić information content (AvgIpc) is 3.66. The number of carbonyl (C=O) groups excluding carboxylic acids is 2. The van der Waals surface area contributed by atoms with Crippen molar-refractivity contribution in [1.29, 1.82) is 10.5 Å². The van der Waals surface area contributed by atoms with Crippen molar-refractivity contribution in [2.24, 2.45) is 0 Å². The van der Waals surface area contributed by atoms with Crippen LogP contribution in [0.25, 0.3) is 0 Å². The minimum atomic E-state index is -4.72. The molecule has 0 saturated heterocycles. The molecule has 1 atom stereocenters. The lowest BCUT2D eigenvalue weighted by Crippen LogP contribution is -2.55. The zero-order valence-electron chi connectivity index (χ0n) is 20.1. The number of nitrogens with zero attached hydrogens (tertiary/aromatic N) is 4. The summed E-state index contributed by atoms with van der Waals surface area (Å²) < 4.78 is 65.6. The number of rotatable bonds is 4. The zero-order valence-corrected chi connectivity index (χ0v) is 20.9. The van der Waals surface area contributed by atoms with E-state index in [1.807, 2.05) is 12.1 Å². The van der Waals surface area contributed by atoms with Crippen LogP contribution >= 0.6 is 0 Å². The van der Waals surface area contributed by atoms with Crippen molar-refractivity contribution < 1.29 is 31.2 Å². The lowest BCUT2D eigenvalue weighted by molar-refractivity contribution is -0.137. The molecule has 2 aromatic rings. The van der Waals surface area contributed by atoms with Gasteiger partial charge in [0.05, 0.1) is 39.4 Å². The first-order valence-electron chi connectivity index (χ1n) is 11.2. The number of carbonyl (C=O) groups is 2. The third-order valence-corrected chi connectivity index (χ3v) is 7.32. The van der Waals surface area contributed by atoms with Gasteiger partial charge in [0.2, 0.25) is 0 Å². The highest BCUT2D eigenvalue weighted by Crippen LogP contribution is 2.42. The van der Waals surface area contributed by atoms with E-state index in [9.17, 15) is 41.7 Å². The van der Waals surface area contributed by atoms with Gasteiger partial charge in [-0.3, -0.25) is 4.90 Å². The number of urea groups is 2. The molecule has 1 aliphatic heterocycles. The molecule has 0 bridgehead atoms. The van der Waals surface area contributed by atoms with Gasteiger partial charge in [0, 0.05) is 18.0 Å². The molecule has 0 aromatic heterocycles. The van der Waals surface area contributed by atoms with Crippen molar-refractivity contribution in [2.45, 2.75) is 42.9 Å². The highest BCUT2D eigenvalue weighted by molar-refractivity contribution is 7.90. The fraction of sp³-hybridized carbons (Fsp3) is 0.280. The number of halogens is 3. The number of alkyl halides is 3. The minimum Gasteiger partial charge on any atom is -0.335 e. The van der Waals surface area contributed by atoms with Crippen LogP contribution in [0.2, 0.25) is 0 Å². The second kappa shape index (κ2) is 9.50. The van der Waals surface area contributed by atoms with E-state index < -0.39 is 39.7 Å². The van der Waals surface area contributed by atoms with Gasteiger partial charge in [-0.25, -0.2) is 22.9 Å². The van der Waals surface area contributed by atoms with Crippen LogP contribution in [-0.2, 0) is 16.0 Å². The standard InChI is InChI=1S/C25H20F3N5O4S/c1-14-20(13-30)22(19-9-6-15(12-29)10-21(19)38(2,36)37)33(23(34)31-17-7-8-17)24(35)32(14)18-5-3-4-16(11-18)25(26,27)28/h3-6,9-11,17,22H,7-8H2,1-2H3,(H,31,34)/t22-/m1/s1. The van der Waals surface area contributed by atoms with Crippen LogP contribution in [0, 0.1) is 22.7 Å². The van der Waals surface area contributed by atoms with Crippen molar-refractivity contribution in [3.05, 3.63) is 70.4 Å². The molecular formula is C25H20F3N5O4S. The lowest BCUT2D eigenvalue weighted by atomic mass is 9.93. The Morgan fingerprint density at radius 3 is 2.34 bits per heavy atom. The van der Waals surface area contributed by atoms with Crippen LogP contribution < -0.4 is 10.2 Å². The number of allylic oxidation sites excluding steroid dienone is 1. The maximum absolute atomic E-state index is 13.8. The van der Waals surface area contributed by atoms with Gasteiger partial charge >= 0.3 is 18.2 Å². The monoisotopic (exact) mass is 543 g/mol. The van der Waals surface area contributed by atoms with Crippen molar-refractivity contribution in [1.82, 2.24) is 10.2 Å². The number of nitriles is 2. The largest absolute Gasteiger partial charge is 0.416 e. The molecule has 4 rings (SSSR count). The second-order valence-electron chi connectivity index (χ2n) is 8.91. The number of imide groups is 1. The summed E-state index contributed by atoms with van der Waals surface area (Å²) in [6, 6.07) is 7.42. The molecular weight excluding hydrogens is 523 g/mol. The molecule has 1 N–H and O–H groups in total. The van der Waals surface area contributed by atoms with Crippen LogP contribution in [0.15, 0.2) is 58.6 Å². The third-order valence-electron chi connectivity index (χ3n) is 6.17. The van der Waals surface area contributed by atoms with E-state index in [-0.39, 0.29) is 39.0 Å². The Morgan fingerprint density at radius 1 is 1.11 bits per heavy atom. The highest BCUT2D eigenvalue weighted by atomic mass is 32.2. The van der Waals surface area contributed by atoms with Gasteiger partial charge in [-0.05, 0) is 55.7 Å². The summed E-state index contributed by atoms with van der Waals surface area (Å²) in [5.41, 5.74) is -1.71. The number of sulfone groups is 1. The molecule has 1 fully saturated rings. The number of anilines is 1. The van der Waals surface area contributed by atoms with Crippen LogP contribution in [0.4, 0.5) is 28.4 Å². The van der Waals surface area contributed by atoms with Gasteiger partial charge in [-0.2, -0.15) is 23.7 Å². The summed E-state index contributed by atoms with van der Waals surface area (Å²) in [4.78, 5) is 28.3. The molecule has 196 valence electrons. The van der Waals surface area contributed by atoms with Gasteiger partial charge in [0.15, 0.2) is 9.84 Å². The Labute approximate surface area is 216 Å². The molecule has 1 aliphatic carbocycles. The predicted molar refractivity (Wildman–Crippen MR) is 128 cm³/mol. The summed E-state index contributed by atoms with van der Waals surface area (Å²) in [5, 5.41) is 22.0. The van der Waals surface area contributed by atoms with Crippen molar-refractivity contribution in [3.8, 4) is 12.1 Å². The minimum absolute atomic E-state index is 0.00454. The Bertz CT molecular complexity index is 1570. The van der Waals surface area contributed by atoms with E-state index in [0.29, 0.717) is 17.7 Å². The molecule has 1 heterocycles.